The van der Waals surface area contributed by atoms with Crippen molar-refractivity contribution < 1.29 is 28.6 Å². The van der Waals surface area contributed by atoms with E-state index in [-0.39, 0.29) is 29.8 Å². The van der Waals surface area contributed by atoms with E-state index in [9.17, 15) is 14.4 Å². The van der Waals surface area contributed by atoms with Gasteiger partial charge < -0.3 is 14.2 Å². The van der Waals surface area contributed by atoms with Crippen LogP contribution in [0.25, 0.3) is 0 Å². The number of hydrogen-bond donors (Lipinski definition) is 0. The van der Waals surface area contributed by atoms with E-state index in [2.05, 4.69) is 19.7 Å². The number of hydrogen-bond acceptors (Lipinski definition) is 6. The number of allylic oxidation sites excluding steroid dienone is 1. The number of ketones is 1. The Hall–Kier alpha value is -2.63. The highest BCUT2D eigenvalue weighted by atomic mass is 16.6. The lowest BCUT2D eigenvalue weighted by Crippen LogP contribution is -2.43. The molecule has 0 aliphatic carbocycles. The maximum absolute atomic E-state index is 12.4. The molecule has 0 radical (unpaired) electrons. The summed E-state index contributed by atoms with van der Waals surface area (Å²) < 4.78 is 16.8. The fraction of sp³-hybridized carbons (Fsp3) is 0.421. The van der Waals surface area contributed by atoms with E-state index < -0.39 is 35.7 Å². The summed E-state index contributed by atoms with van der Waals surface area (Å²) in [6.07, 6.45) is 0.366. The number of fused-ring (bicyclic) bond motifs is 3. The van der Waals surface area contributed by atoms with E-state index in [0.29, 0.717) is 11.3 Å². The van der Waals surface area contributed by atoms with Gasteiger partial charge in [-0.3, -0.25) is 4.79 Å². The Kier molecular flexibility index (Phi) is 3.94. The van der Waals surface area contributed by atoms with Crippen LogP contribution in [0, 0.1) is 5.92 Å². The minimum absolute atomic E-state index is 0.0783. The van der Waals surface area contributed by atoms with Gasteiger partial charge in [-0.05, 0) is 19.4 Å². The summed E-state index contributed by atoms with van der Waals surface area (Å²) in [5, 5.41) is 0. The van der Waals surface area contributed by atoms with E-state index in [1.807, 2.05) is 0 Å². The van der Waals surface area contributed by atoms with Crippen molar-refractivity contribution in [3.8, 4) is 0 Å². The van der Waals surface area contributed by atoms with Crippen LogP contribution in [0.3, 0.4) is 0 Å². The molecule has 132 valence electrons. The smallest absolute Gasteiger partial charge is 0.334 e. The first-order valence-corrected chi connectivity index (χ1v) is 8.02. The fourth-order valence-corrected chi connectivity index (χ4v) is 3.40. The van der Waals surface area contributed by atoms with Gasteiger partial charge >= 0.3 is 11.9 Å². The highest BCUT2D eigenvalue weighted by Crippen LogP contribution is 2.44. The molecule has 0 aromatic carbocycles. The molecule has 6 heteroatoms. The van der Waals surface area contributed by atoms with Gasteiger partial charge in [0, 0.05) is 30.1 Å². The molecule has 0 spiro atoms. The number of ether oxygens (including phenoxy) is 3. The van der Waals surface area contributed by atoms with Gasteiger partial charge in [0.2, 0.25) is 5.78 Å². The maximum Gasteiger partial charge on any atom is 0.334 e. The molecular formula is C19H20O6. The third kappa shape index (κ3) is 2.81. The van der Waals surface area contributed by atoms with Crippen molar-refractivity contribution >= 4 is 17.7 Å². The minimum Gasteiger partial charge on any atom is -0.479 e. The second kappa shape index (κ2) is 5.72. The van der Waals surface area contributed by atoms with Crippen molar-refractivity contribution in [2.24, 2.45) is 5.92 Å². The van der Waals surface area contributed by atoms with Crippen molar-refractivity contribution in [2.75, 3.05) is 0 Å². The Morgan fingerprint density at radius 3 is 2.68 bits per heavy atom. The average Bonchev–Trinajstić information content (AvgIpc) is 2.96. The average molecular weight is 344 g/mol. The molecule has 0 N–H and O–H groups in total. The Labute approximate surface area is 145 Å². The molecule has 6 nitrogen and oxygen atoms in total. The van der Waals surface area contributed by atoms with Crippen LogP contribution in [0.15, 0.2) is 48.3 Å². The Morgan fingerprint density at radius 1 is 1.36 bits per heavy atom. The number of rotatable bonds is 2. The molecule has 2 bridgehead atoms. The summed E-state index contributed by atoms with van der Waals surface area (Å²) in [7, 11) is 0. The van der Waals surface area contributed by atoms with Crippen molar-refractivity contribution in [1.82, 2.24) is 0 Å². The molecule has 2 fully saturated rings. The third-order valence-corrected chi connectivity index (χ3v) is 4.84. The number of carbonyl (C=O) groups excluding carboxylic acids is 3. The summed E-state index contributed by atoms with van der Waals surface area (Å²) in [5.74, 6) is -1.54. The fourth-order valence-electron chi connectivity index (χ4n) is 3.40. The summed E-state index contributed by atoms with van der Waals surface area (Å²) in [6, 6.07) is 0. The largest absolute Gasteiger partial charge is 0.479 e. The first kappa shape index (κ1) is 17.2. The Bertz CT molecular complexity index is 758. The summed E-state index contributed by atoms with van der Waals surface area (Å²) in [6.45, 7) is 14.5. The lowest BCUT2D eigenvalue weighted by atomic mass is 9.81. The molecule has 3 rings (SSSR count). The first-order chi connectivity index (χ1) is 11.6. The topological polar surface area (TPSA) is 78.9 Å². The molecule has 0 amide bonds. The van der Waals surface area contributed by atoms with Gasteiger partial charge in [-0.25, -0.2) is 9.59 Å². The van der Waals surface area contributed by atoms with Crippen LogP contribution in [0.2, 0.25) is 0 Å². The van der Waals surface area contributed by atoms with Crippen molar-refractivity contribution in [3.63, 3.8) is 0 Å². The Morgan fingerprint density at radius 2 is 2.04 bits per heavy atom. The molecule has 2 saturated heterocycles. The van der Waals surface area contributed by atoms with Gasteiger partial charge in [-0.15, -0.1) is 0 Å². The normalized spacial score (nSPS) is 34.2. The molecule has 25 heavy (non-hydrogen) atoms. The molecule has 4 atom stereocenters. The van der Waals surface area contributed by atoms with Crippen molar-refractivity contribution in [2.45, 2.75) is 44.5 Å². The Balaban J connectivity index is 2.03. The zero-order valence-electron chi connectivity index (χ0n) is 14.3. The van der Waals surface area contributed by atoms with Crippen molar-refractivity contribution in [1.29, 1.82) is 0 Å². The van der Waals surface area contributed by atoms with Crippen LogP contribution in [-0.4, -0.2) is 35.5 Å². The third-order valence-electron chi connectivity index (χ3n) is 4.84. The van der Waals surface area contributed by atoms with Crippen LogP contribution >= 0.6 is 0 Å². The van der Waals surface area contributed by atoms with Crippen LogP contribution in [0.1, 0.15) is 26.7 Å². The molecule has 0 aromatic rings. The van der Waals surface area contributed by atoms with Gasteiger partial charge in [0.1, 0.15) is 18.0 Å². The highest BCUT2D eigenvalue weighted by Gasteiger charge is 2.52. The van der Waals surface area contributed by atoms with E-state index >= 15 is 0 Å². The van der Waals surface area contributed by atoms with E-state index in [1.54, 1.807) is 6.92 Å². The lowest BCUT2D eigenvalue weighted by Gasteiger charge is -2.31. The molecule has 0 saturated carbocycles. The second-order valence-electron chi connectivity index (χ2n) is 6.94. The van der Waals surface area contributed by atoms with E-state index in [1.165, 1.54) is 13.0 Å². The van der Waals surface area contributed by atoms with Crippen LogP contribution < -0.4 is 0 Å². The van der Waals surface area contributed by atoms with Crippen LogP contribution in [0.4, 0.5) is 0 Å². The molecule has 0 aromatic heterocycles. The molecule has 3 heterocycles. The summed E-state index contributed by atoms with van der Waals surface area (Å²) >= 11 is 0. The summed E-state index contributed by atoms with van der Waals surface area (Å²) in [5.41, 5.74) is -0.195. The van der Waals surface area contributed by atoms with Gasteiger partial charge in [0.05, 0.1) is 5.92 Å². The highest BCUT2D eigenvalue weighted by molar-refractivity contribution is 6.00. The maximum atomic E-state index is 12.4. The van der Waals surface area contributed by atoms with Crippen molar-refractivity contribution in [3.05, 3.63) is 48.3 Å². The molecule has 4 unspecified atom stereocenters. The predicted molar refractivity (Wildman–Crippen MR) is 88.2 cm³/mol. The monoisotopic (exact) mass is 344 g/mol. The molecule has 3 aliphatic rings. The zero-order valence-corrected chi connectivity index (χ0v) is 14.3. The van der Waals surface area contributed by atoms with Crippen LogP contribution in [-0.2, 0) is 28.6 Å². The number of carbonyl (C=O) groups is 3. The van der Waals surface area contributed by atoms with Gasteiger partial charge in [-0.2, -0.15) is 0 Å². The van der Waals surface area contributed by atoms with Gasteiger partial charge in [-0.1, -0.05) is 19.7 Å². The van der Waals surface area contributed by atoms with E-state index in [0.717, 1.165) is 0 Å². The molecular weight excluding hydrogens is 324 g/mol. The summed E-state index contributed by atoms with van der Waals surface area (Å²) in [4.78, 5) is 36.5. The SMILES string of the molecule is C=C(C)C(=O)OC1CC2(C)OC(=CC2=O)C(=C)CC2OC(=O)C(=C)C12. The number of esters is 2. The molecule has 3 aliphatic heterocycles. The second-order valence-corrected chi connectivity index (χ2v) is 6.94. The minimum atomic E-state index is -1.20. The standard InChI is InChI=1S/C19H20O6/c1-9(2)17(21)24-14-8-19(5)15(20)7-12(25-19)10(3)6-13-16(14)11(4)18(22)23-13/h7,13-14,16H,1,3-4,6,8H2,2,5H3. The van der Waals surface area contributed by atoms with Gasteiger partial charge in [0.15, 0.2) is 5.60 Å². The van der Waals surface area contributed by atoms with Crippen LogP contribution in [0.5, 0.6) is 0 Å². The first-order valence-electron chi connectivity index (χ1n) is 8.02. The predicted octanol–water partition coefficient (Wildman–Crippen LogP) is 2.16. The van der Waals surface area contributed by atoms with Gasteiger partial charge in [0.25, 0.3) is 0 Å². The van der Waals surface area contributed by atoms with E-state index in [4.69, 9.17) is 14.2 Å². The quantitative estimate of drug-likeness (QED) is 0.564. The zero-order chi connectivity index (χ0) is 18.5. The lowest BCUT2D eigenvalue weighted by molar-refractivity contribution is -0.153.